The third-order valence-corrected chi connectivity index (χ3v) is 2.72. The first-order chi connectivity index (χ1) is 9.36. The highest BCUT2D eigenvalue weighted by Crippen LogP contribution is 2.20. The molecule has 0 N–H and O–H groups in total. The van der Waals surface area contributed by atoms with E-state index in [-0.39, 0.29) is 0 Å². The van der Waals surface area contributed by atoms with Crippen molar-refractivity contribution >= 4 is 11.6 Å². The molecule has 0 aromatic heterocycles. The van der Waals surface area contributed by atoms with Crippen LogP contribution < -0.4 is 0 Å². The van der Waals surface area contributed by atoms with E-state index in [9.17, 15) is 0 Å². The summed E-state index contributed by atoms with van der Waals surface area (Å²) >= 11 is 5.79. The van der Waals surface area contributed by atoms with Crippen LogP contribution in [0.2, 0.25) is 5.02 Å². The first kappa shape index (κ1) is 13.4. The van der Waals surface area contributed by atoms with Crippen LogP contribution in [-0.2, 0) is 0 Å². The molecule has 0 saturated carbocycles. The molecule has 0 aliphatic carbocycles. The Balaban J connectivity index is 0.000000186. The molecule has 0 fully saturated rings. The van der Waals surface area contributed by atoms with Gasteiger partial charge in [0, 0.05) is 5.02 Å². The van der Waals surface area contributed by atoms with E-state index in [2.05, 4.69) is 12.1 Å². The molecule has 0 unspecified atom stereocenters. The van der Waals surface area contributed by atoms with Gasteiger partial charge in [0.25, 0.3) is 0 Å². The molecule has 0 atom stereocenters. The van der Waals surface area contributed by atoms with Gasteiger partial charge in [-0.15, -0.1) is 0 Å². The zero-order valence-corrected chi connectivity index (χ0v) is 11.1. The smallest absolute Gasteiger partial charge is 0.0406 e. The maximum Gasteiger partial charge on any atom is 0.0406 e. The van der Waals surface area contributed by atoms with Gasteiger partial charge in [-0.2, -0.15) is 0 Å². The Morgan fingerprint density at radius 2 is 1.37 bits per heavy atom. The van der Waals surface area contributed by atoms with Crippen LogP contribution in [0.1, 0.15) is 0 Å². The molecule has 0 spiro atoms. The van der Waals surface area contributed by atoms with Gasteiger partial charge in [-0.25, -0.2) is 0 Å². The van der Waals surface area contributed by atoms with E-state index in [1.54, 1.807) is 0 Å². The molecule has 0 amide bonds. The highest BCUT2D eigenvalue weighted by molar-refractivity contribution is 6.30. The maximum atomic E-state index is 5.79. The summed E-state index contributed by atoms with van der Waals surface area (Å²) in [5, 5.41) is 0.764. The Kier molecular flexibility index (Phi) is 5.21. The largest absolute Gasteiger partial charge is 0.0843 e. The van der Waals surface area contributed by atoms with Crippen LogP contribution in [0.25, 0.3) is 11.1 Å². The first-order valence-electron chi connectivity index (χ1n) is 6.00. The summed E-state index contributed by atoms with van der Waals surface area (Å²) in [5.74, 6) is 0. The van der Waals surface area contributed by atoms with E-state index in [1.807, 2.05) is 78.9 Å². The minimum atomic E-state index is 0.764. The van der Waals surface area contributed by atoms with Gasteiger partial charge in [0.05, 0.1) is 0 Å². The summed E-state index contributed by atoms with van der Waals surface area (Å²) in [6.45, 7) is 0. The Labute approximate surface area is 119 Å². The first-order valence-corrected chi connectivity index (χ1v) is 6.38. The molecule has 0 aliphatic rings. The molecule has 3 rings (SSSR count). The molecule has 0 bridgehead atoms. The average Bonchev–Trinajstić information content (AvgIpc) is 2.51. The van der Waals surface area contributed by atoms with E-state index in [4.69, 9.17) is 11.6 Å². The monoisotopic (exact) mass is 264 g/mol. The summed E-state index contributed by atoms with van der Waals surface area (Å²) < 4.78 is 0. The van der Waals surface area contributed by atoms with Crippen LogP contribution in [0.15, 0.2) is 78.9 Å². The summed E-state index contributed by atoms with van der Waals surface area (Å²) in [4.78, 5) is 0. The molecule has 2 radical (unpaired) electrons. The van der Waals surface area contributed by atoms with Crippen LogP contribution in [0.5, 0.6) is 0 Å². The molecule has 92 valence electrons. The van der Waals surface area contributed by atoms with Crippen molar-refractivity contribution in [3.05, 3.63) is 96.0 Å². The van der Waals surface area contributed by atoms with Crippen LogP contribution in [0.4, 0.5) is 0 Å². The van der Waals surface area contributed by atoms with E-state index >= 15 is 0 Å². The summed E-state index contributed by atoms with van der Waals surface area (Å²) in [7, 11) is 0. The molecule has 3 aromatic rings. The summed E-state index contributed by atoms with van der Waals surface area (Å²) in [6.07, 6.45) is 0. The molecule has 0 nitrogen and oxygen atoms in total. The van der Waals surface area contributed by atoms with E-state index in [1.165, 1.54) is 0 Å². The van der Waals surface area contributed by atoms with Crippen LogP contribution in [-0.4, -0.2) is 0 Å². The normalized spacial score (nSPS) is 9.32. The van der Waals surface area contributed by atoms with Gasteiger partial charge in [0.2, 0.25) is 0 Å². The van der Waals surface area contributed by atoms with Gasteiger partial charge in [-0.3, -0.25) is 0 Å². The number of halogens is 1. The van der Waals surface area contributed by atoms with E-state index in [0.29, 0.717) is 0 Å². The standard InChI is InChI=1S/C12H8Cl.C6H5/c13-12-8-6-11(7-9-12)10-4-2-1-3-5-10;1-2-4-6-5-3-1/h1-4,6-9H;1-5H. The number of benzene rings is 3. The van der Waals surface area contributed by atoms with Gasteiger partial charge < -0.3 is 0 Å². The molecular weight excluding hydrogens is 252 g/mol. The number of hydrogen-bond donors (Lipinski definition) is 0. The Bertz CT molecular complexity index is 544. The second-order valence-electron chi connectivity index (χ2n) is 3.86. The molecule has 0 aliphatic heterocycles. The van der Waals surface area contributed by atoms with Crippen LogP contribution >= 0.6 is 11.6 Å². The van der Waals surface area contributed by atoms with Gasteiger partial charge in [-0.05, 0) is 35.4 Å². The minimum absolute atomic E-state index is 0.764. The lowest BCUT2D eigenvalue weighted by atomic mass is 10.1. The third-order valence-electron chi connectivity index (χ3n) is 2.47. The fraction of sp³-hybridized carbons (Fsp3) is 0. The maximum absolute atomic E-state index is 5.79. The van der Waals surface area contributed by atoms with Crippen LogP contribution in [0.3, 0.4) is 0 Å². The van der Waals surface area contributed by atoms with Gasteiger partial charge >= 0.3 is 0 Å². The fourth-order valence-electron chi connectivity index (χ4n) is 1.54. The molecular formula is C18H13Cl. The van der Waals surface area contributed by atoms with Crippen molar-refractivity contribution in [1.29, 1.82) is 0 Å². The number of rotatable bonds is 1. The zero-order valence-electron chi connectivity index (χ0n) is 10.4. The number of hydrogen-bond acceptors (Lipinski definition) is 0. The lowest BCUT2D eigenvalue weighted by molar-refractivity contribution is 1.61. The Hall–Kier alpha value is -2.05. The lowest BCUT2D eigenvalue weighted by Crippen LogP contribution is -1.75. The van der Waals surface area contributed by atoms with Crippen molar-refractivity contribution in [2.45, 2.75) is 0 Å². The molecule has 0 saturated heterocycles. The highest BCUT2D eigenvalue weighted by Gasteiger charge is 1.95. The van der Waals surface area contributed by atoms with Crippen molar-refractivity contribution in [3.8, 4) is 11.1 Å². The van der Waals surface area contributed by atoms with Crippen molar-refractivity contribution in [3.63, 3.8) is 0 Å². The molecule has 3 aromatic carbocycles. The predicted octanol–water partition coefficient (Wildman–Crippen LogP) is 5.29. The van der Waals surface area contributed by atoms with Gasteiger partial charge in [0.15, 0.2) is 0 Å². The average molecular weight is 265 g/mol. The van der Waals surface area contributed by atoms with Crippen LogP contribution in [0, 0.1) is 12.1 Å². The molecule has 0 heterocycles. The fourth-order valence-corrected chi connectivity index (χ4v) is 1.67. The van der Waals surface area contributed by atoms with Crippen molar-refractivity contribution in [2.24, 2.45) is 0 Å². The lowest BCUT2D eigenvalue weighted by Gasteiger charge is -1.99. The van der Waals surface area contributed by atoms with E-state index < -0.39 is 0 Å². The second kappa shape index (κ2) is 7.40. The Morgan fingerprint density at radius 3 is 1.84 bits per heavy atom. The third kappa shape index (κ3) is 4.61. The molecule has 19 heavy (non-hydrogen) atoms. The topological polar surface area (TPSA) is 0 Å². The summed E-state index contributed by atoms with van der Waals surface area (Å²) in [6, 6.07) is 31.3. The van der Waals surface area contributed by atoms with E-state index in [0.717, 1.165) is 16.1 Å². The van der Waals surface area contributed by atoms with Crippen molar-refractivity contribution < 1.29 is 0 Å². The van der Waals surface area contributed by atoms with Crippen molar-refractivity contribution in [1.82, 2.24) is 0 Å². The summed E-state index contributed by atoms with van der Waals surface area (Å²) in [5.41, 5.74) is 2.24. The van der Waals surface area contributed by atoms with Gasteiger partial charge in [-0.1, -0.05) is 78.3 Å². The SMILES string of the molecule is Clc1ccc(-c2[c]cccc2)cc1.[c]1ccccc1. The second-order valence-corrected chi connectivity index (χ2v) is 4.30. The van der Waals surface area contributed by atoms with Crippen molar-refractivity contribution in [2.75, 3.05) is 0 Å². The quantitative estimate of drug-likeness (QED) is 0.560. The highest BCUT2D eigenvalue weighted by atomic mass is 35.5. The minimum Gasteiger partial charge on any atom is -0.0843 e. The van der Waals surface area contributed by atoms with Gasteiger partial charge in [0.1, 0.15) is 0 Å². The molecule has 1 heteroatoms. The Morgan fingerprint density at radius 1 is 0.684 bits per heavy atom. The zero-order chi connectivity index (χ0) is 13.3. The predicted molar refractivity (Wildman–Crippen MR) is 81.0 cm³/mol.